The topological polar surface area (TPSA) is 92.5 Å². The van der Waals surface area contributed by atoms with E-state index in [1.165, 1.54) is 18.2 Å². The zero-order valence-corrected chi connectivity index (χ0v) is 18.5. The summed E-state index contributed by atoms with van der Waals surface area (Å²) in [5, 5.41) is 3.05. The van der Waals surface area contributed by atoms with Crippen LogP contribution in [-0.4, -0.2) is 49.9 Å². The van der Waals surface area contributed by atoms with Crippen LogP contribution >= 0.6 is 0 Å². The van der Waals surface area contributed by atoms with E-state index in [1.807, 2.05) is 0 Å². The molecule has 11 heteroatoms. The number of hydrogen-bond acceptors (Lipinski definition) is 5. The van der Waals surface area contributed by atoms with E-state index in [-0.39, 0.29) is 36.3 Å². The van der Waals surface area contributed by atoms with Crippen LogP contribution in [0.5, 0.6) is 0 Å². The number of anilines is 1. The number of hydrogen-bond donors (Lipinski definition) is 2. The number of halogens is 4. The van der Waals surface area contributed by atoms with Gasteiger partial charge in [-0.3, -0.25) is 4.79 Å². The van der Waals surface area contributed by atoms with Crippen LogP contribution in [0.4, 0.5) is 23.2 Å². The van der Waals surface area contributed by atoms with Crippen LogP contribution in [0.1, 0.15) is 24.8 Å². The number of carbonyl (C=O) groups is 1. The molecule has 0 aliphatic carbocycles. The molecule has 2 aromatic carbocycles. The van der Waals surface area contributed by atoms with Crippen molar-refractivity contribution in [2.75, 3.05) is 18.4 Å². The summed E-state index contributed by atoms with van der Waals surface area (Å²) in [4.78, 5) is 13.4. The minimum Gasteiger partial charge on any atom is -0.382 e. The van der Waals surface area contributed by atoms with Crippen LogP contribution in [0.2, 0.25) is 0 Å². The summed E-state index contributed by atoms with van der Waals surface area (Å²) in [6.45, 7) is 0.840. The van der Waals surface area contributed by atoms with E-state index >= 15 is 0 Å². The van der Waals surface area contributed by atoms with Gasteiger partial charge in [-0.25, -0.2) is 12.8 Å². The lowest BCUT2D eigenvalue weighted by molar-refractivity contribution is -0.132. The summed E-state index contributed by atoms with van der Waals surface area (Å²) in [5.41, 5.74) is 1.38. The first kappa shape index (κ1) is 25.0. The molecule has 33 heavy (non-hydrogen) atoms. The van der Waals surface area contributed by atoms with Gasteiger partial charge >= 0.3 is 5.51 Å². The smallest absolute Gasteiger partial charge is 0.382 e. The molecule has 1 fully saturated rings. The highest BCUT2D eigenvalue weighted by Gasteiger charge is 2.46. The van der Waals surface area contributed by atoms with E-state index in [2.05, 4.69) is 5.32 Å². The molecule has 0 unspecified atom stereocenters. The van der Waals surface area contributed by atoms with Gasteiger partial charge < -0.3 is 16.0 Å². The second kappa shape index (κ2) is 10.1. The van der Waals surface area contributed by atoms with Crippen LogP contribution in [-0.2, 0) is 21.1 Å². The first-order valence-corrected chi connectivity index (χ1v) is 11.9. The molecule has 1 saturated heterocycles. The number of nitrogens with zero attached hydrogens (tertiary/aromatic N) is 1. The standard InChI is InChI=1S/C22H25F4N3O3S/c23-20-7-2-1-4-15(20)12-16(27)13-21(30)29-10-8-17(9-11-29)28-18-5-3-6-19(14-18)33(31,32)22(24,25)26/h1-7,14,16-17,28H,8-13,27H2/t16-/m1/s1. The Kier molecular flexibility index (Phi) is 7.63. The molecule has 0 radical (unpaired) electrons. The SMILES string of the molecule is N[C@@H](CC(=O)N1CCC(Nc2cccc(S(=O)(=O)C(F)(F)F)c2)CC1)Cc1ccccc1F. The van der Waals surface area contributed by atoms with Crippen molar-refractivity contribution < 1.29 is 30.8 Å². The Balaban J connectivity index is 1.51. The van der Waals surface area contributed by atoms with Crippen LogP contribution < -0.4 is 11.1 Å². The van der Waals surface area contributed by atoms with E-state index in [4.69, 9.17) is 5.73 Å². The Morgan fingerprint density at radius 2 is 1.79 bits per heavy atom. The lowest BCUT2D eigenvalue weighted by Gasteiger charge is -2.33. The fourth-order valence-corrected chi connectivity index (χ4v) is 4.57. The van der Waals surface area contributed by atoms with Crippen molar-refractivity contribution in [2.45, 2.75) is 48.2 Å². The minimum absolute atomic E-state index is 0.0732. The van der Waals surface area contributed by atoms with Gasteiger partial charge in [-0.1, -0.05) is 24.3 Å². The predicted molar refractivity (Wildman–Crippen MR) is 116 cm³/mol. The molecule has 0 aromatic heterocycles. The number of nitrogens with one attached hydrogen (secondary N) is 1. The number of piperidine rings is 1. The molecule has 1 atom stereocenters. The Morgan fingerprint density at radius 1 is 1.12 bits per heavy atom. The Labute approximate surface area is 189 Å². The van der Waals surface area contributed by atoms with Gasteiger partial charge in [0.15, 0.2) is 0 Å². The zero-order valence-electron chi connectivity index (χ0n) is 17.7. The van der Waals surface area contributed by atoms with Crippen LogP contribution in [0.3, 0.4) is 0 Å². The third kappa shape index (κ3) is 6.23. The van der Waals surface area contributed by atoms with Gasteiger partial charge in [-0.15, -0.1) is 0 Å². The summed E-state index contributed by atoms with van der Waals surface area (Å²) in [5.74, 6) is -0.505. The minimum atomic E-state index is -5.42. The fraction of sp³-hybridized carbons (Fsp3) is 0.409. The second-order valence-electron chi connectivity index (χ2n) is 8.04. The average Bonchev–Trinajstić information content (AvgIpc) is 2.75. The summed E-state index contributed by atoms with van der Waals surface area (Å²) < 4.78 is 75.3. The number of nitrogens with two attached hydrogens (primary N) is 1. The normalized spacial score (nSPS) is 16.5. The first-order chi connectivity index (χ1) is 15.5. The highest BCUT2D eigenvalue weighted by Crippen LogP contribution is 2.31. The van der Waals surface area contributed by atoms with Gasteiger partial charge in [-0.05, 0) is 49.1 Å². The Bertz CT molecular complexity index is 1080. The highest BCUT2D eigenvalue weighted by molar-refractivity contribution is 7.92. The monoisotopic (exact) mass is 487 g/mol. The van der Waals surface area contributed by atoms with Crippen molar-refractivity contribution in [3.63, 3.8) is 0 Å². The maximum Gasteiger partial charge on any atom is 0.501 e. The van der Waals surface area contributed by atoms with E-state index < -0.39 is 26.3 Å². The highest BCUT2D eigenvalue weighted by atomic mass is 32.2. The summed E-state index contributed by atoms with van der Waals surface area (Å²) in [6.07, 6.45) is 1.38. The fourth-order valence-electron chi connectivity index (χ4n) is 3.77. The van der Waals surface area contributed by atoms with Gasteiger partial charge in [0.05, 0.1) is 4.90 Å². The average molecular weight is 488 g/mol. The van der Waals surface area contributed by atoms with E-state index in [0.29, 0.717) is 31.5 Å². The van der Waals surface area contributed by atoms with Gasteiger partial charge in [0.2, 0.25) is 5.91 Å². The van der Waals surface area contributed by atoms with Gasteiger partial charge in [-0.2, -0.15) is 13.2 Å². The number of likely N-dealkylation sites (tertiary alicyclic amines) is 1. The number of carbonyl (C=O) groups excluding carboxylic acids is 1. The number of rotatable bonds is 7. The number of amides is 1. The second-order valence-corrected chi connectivity index (χ2v) is 9.98. The molecule has 1 aliphatic rings. The van der Waals surface area contributed by atoms with Crippen molar-refractivity contribution in [3.05, 3.63) is 59.9 Å². The van der Waals surface area contributed by atoms with Crippen molar-refractivity contribution in [3.8, 4) is 0 Å². The molecule has 1 amide bonds. The van der Waals surface area contributed by atoms with E-state index in [0.717, 1.165) is 12.1 Å². The largest absolute Gasteiger partial charge is 0.501 e. The number of alkyl halides is 3. The molecule has 0 saturated carbocycles. The maximum absolute atomic E-state index is 13.8. The molecular weight excluding hydrogens is 462 g/mol. The molecule has 1 heterocycles. The summed E-state index contributed by atoms with van der Waals surface area (Å²) in [7, 11) is -5.42. The Hall–Kier alpha value is -2.66. The van der Waals surface area contributed by atoms with E-state index in [9.17, 15) is 30.8 Å². The zero-order chi connectivity index (χ0) is 24.2. The molecule has 0 spiro atoms. The molecule has 1 aliphatic heterocycles. The number of sulfone groups is 1. The Morgan fingerprint density at radius 3 is 2.42 bits per heavy atom. The summed E-state index contributed by atoms with van der Waals surface area (Å²) in [6, 6.07) is 10.2. The molecular formula is C22H25F4N3O3S. The van der Waals surface area contributed by atoms with Crippen LogP contribution in [0.25, 0.3) is 0 Å². The lowest BCUT2D eigenvalue weighted by atomic mass is 10.0. The molecule has 6 nitrogen and oxygen atoms in total. The lowest BCUT2D eigenvalue weighted by Crippen LogP contribution is -2.44. The molecule has 3 rings (SSSR count). The number of benzene rings is 2. The van der Waals surface area contributed by atoms with Crippen molar-refractivity contribution >= 4 is 21.4 Å². The molecule has 180 valence electrons. The van der Waals surface area contributed by atoms with Crippen molar-refractivity contribution in [1.29, 1.82) is 0 Å². The van der Waals surface area contributed by atoms with Crippen molar-refractivity contribution in [1.82, 2.24) is 4.90 Å². The third-order valence-corrected chi connectivity index (χ3v) is 7.03. The van der Waals surface area contributed by atoms with Gasteiger partial charge in [0.25, 0.3) is 9.84 Å². The quantitative estimate of drug-likeness (QED) is 0.584. The predicted octanol–water partition coefficient (Wildman–Crippen LogP) is 3.48. The van der Waals surface area contributed by atoms with Crippen molar-refractivity contribution in [2.24, 2.45) is 5.73 Å². The maximum atomic E-state index is 13.8. The molecule has 2 aromatic rings. The van der Waals surface area contributed by atoms with Gasteiger partial charge in [0.1, 0.15) is 5.82 Å². The summed E-state index contributed by atoms with van der Waals surface area (Å²) >= 11 is 0. The van der Waals surface area contributed by atoms with Crippen LogP contribution in [0, 0.1) is 5.82 Å². The van der Waals surface area contributed by atoms with Crippen LogP contribution in [0.15, 0.2) is 53.4 Å². The van der Waals surface area contributed by atoms with E-state index in [1.54, 1.807) is 23.1 Å². The molecule has 0 bridgehead atoms. The third-order valence-electron chi connectivity index (χ3n) is 5.54. The molecule has 3 N–H and O–H groups in total. The first-order valence-electron chi connectivity index (χ1n) is 10.4. The van der Waals surface area contributed by atoms with Gasteiger partial charge in [0, 0.05) is 37.3 Å².